The van der Waals surface area contributed by atoms with Crippen LogP contribution in [0.25, 0.3) is 10.9 Å². The maximum Gasteiger partial charge on any atom is 0.319 e. The monoisotopic (exact) mass is 481 g/mol. The van der Waals surface area contributed by atoms with Crippen LogP contribution in [0.3, 0.4) is 0 Å². The third-order valence-electron chi connectivity index (χ3n) is 7.37. The largest absolute Gasteiger partial charge is 0.461 e. The fraction of sp³-hybridized carbons (Fsp3) is 0.591. The van der Waals surface area contributed by atoms with E-state index in [0.717, 1.165) is 25.0 Å². The van der Waals surface area contributed by atoms with Gasteiger partial charge in [-0.05, 0) is 31.4 Å². The Morgan fingerprint density at radius 3 is 3.06 bits per heavy atom. The molecule has 11 heteroatoms. The number of halogens is 4. The van der Waals surface area contributed by atoms with Crippen LogP contribution in [0.4, 0.5) is 19.0 Å². The van der Waals surface area contributed by atoms with Crippen LogP contribution >= 0.6 is 11.6 Å². The van der Waals surface area contributed by atoms with Crippen LogP contribution in [0.5, 0.6) is 6.01 Å². The number of hydrogen-bond acceptors (Lipinski definition) is 7. The minimum atomic E-state index is -1.04. The summed E-state index contributed by atoms with van der Waals surface area (Å²) >= 11 is 5.92. The van der Waals surface area contributed by atoms with E-state index >= 15 is 0 Å². The molecule has 7 nitrogen and oxygen atoms in total. The summed E-state index contributed by atoms with van der Waals surface area (Å²) < 4.78 is 54.1. The van der Waals surface area contributed by atoms with E-state index < -0.39 is 18.0 Å². The van der Waals surface area contributed by atoms with Gasteiger partial charge in [-0.25, -0.2) is 18.2 Å². The Bertz CT molecular complexity index is 1140. The van der Waals surface area contributed by atoms with Crippen LogP contribution in [0.15, 0.2) is 18.1 Å². The second-order valence-corrected chi connectivity index (χ2v) is 9.66. The van der Waals surface area contributed by atoms with Gasteiger partial charge in [-0.3, -0.25) is 4.90 Å². The lowest BCUT2D eigenvalue weighted by molar-refractivity contribution is 0.108. The van der Waals surface area contributed by atoms with Gasteiger partial charge in [0.25, 0.3) is 0 Å². The maximum atomic E-state index is 14.9. The number of ether oxygens (including phenoxy) is 2. The predicted octanol–water partition coefficient (Wildman–Crippen LogP) is 3.46. The van der Waals surface area contributed by atoms with Gasteiger partial charge in [0.1, 0.15) is 24.1 Å². The van der Waals surface area contributed by atoms with Gasteiger partial charge >= 0.3 is 6.01 Å². The fourth-order valence-corrected chi connectivity index (χ4v) is 5.76. The van der Waals surface area contributed by atoms with Crippen LogP contribution < -0.4 is 9.64 Å². The number of hydrogen-bond donors (Lipinski definition) is 0. The van der Waals surface area contributed by atoms with Crippen molar-refractivity contribution in [3.05, 3.63) is 29.1 Å². The van der Waals surface area contributed by atoms with Crippen LogP contribution in [-0.4, -0.2) is 77.1 Å². The molecular formula is C22H23ClF3N5O2. The minimum absolute atomic E-state index is 0.0182. The number of aromatic nitrogens is 3. The van der Waals surface area contributed by atoms with Crippen molar-refractivity contribution in [1.82, 2.24) is 19.9 Å². The van der Waals surface area contributed by atoms with Crippen molar-refractivity contribution in [2.75, 3.05) is 44.4 Å². The van der Waals surface area contributed by atoms with E-state index in [-0.39, 0.29) is 34.7 Å². The Morgan fingerprint density at radius 2 is 2.21 bits per heavy atom. The van der Waals surface area contributed by atoms with E-state index in [2.05, 4.69) is 19.9 Å². The molecule has 176 valence electrons. The van der Waals surface area contributed by atoms with Crippen LogP contribution in [0, 0.1) is 11.7 Å². The highest BCUT2D eigenvalue weighted by atomic mass is 35.5. The summed E-state index contributed by atoms with van der Waals surface area (Å²) in [6.45, 7) is 2.84. The Hall–Kier alpha value is -2.17. The van der Waals surface area contributed by atoms with Crippen molar-refractivity contribution in [3.63, 3.8) is 0 Å². The Morgan fingerprint density at radius 1 is 1.33 bits per heavy atom. The first-order valence-electron chi connectivity index (χ1n) is 11.2. The highest BCUT2D eigenvalue weighted by molar-refractivity contribution is 6.30. The zero-order valence-electron chi connectivity index (χ0n) is 17.8. The van der Waals surface area contributed by atoms with Crippen molar-refractivity contribution >= 4 is 28.3 Å². The van der Waals surface area contributed by atoms with Gasteiger partial charge in [0, 0.05) is 25.2 Å². The Labute approximate surface area is 193 Å². The molecule has 0 spiro atoms. The molecule has 2 aromatic heterocycles. The van der Waals surface area contributed by atoms with Gasteiger partial charge in [-0.2, -0.15) is 9.97 Å². The molecule has 6 rings (SSSR count). The number of anilines is 1. The predicted molar refractivity (Wildman–Crippen MR) is 115 cm³/mol. The highest BCUT2D eigenvalue weighted by Gasteiger charge is 2.56. The lowest BCUT2D eigenvalue weighted by Gasteiger charge is -2.31. The molecule has 2 aromatic rings. The number of rotatable bonds is 4. The third-order valence-corrected chi connectivity index (χ3v) is 7.63. The van der Waals surface area contributed by atoms with Gasteiger partial charge in [0.2, 0.25) is 0 Å². The van der Waals surface area contributed by atoms with E-state index in [9.17, 15) is 13.2 Å². The number of alkyl halides is 1. The third kappa shape index (κ3) is 3.45. The zero-order valence-corrected chi connectivity index (χ0v) is 18.6. The second kappa shape index (κ2) is 7.95. The van der Waals surface area contributed by atoms with Gasteiger partial charge < -0.3 is 14.4 Å². The quantitative estimate of drug-likeness (QED) is 0.620. The number of nitrogens with zero attached hydrogens (tertiary/aromatic N) is 5. The molecule has 0 aromatic carbocycles. The molecule has 4 atom stereocenters. The van der Waals surface area contributed by atoms with Crippen molar-refractivity contribution in [3.8, 4) is 6.01 Å². The molecule has 5 heterocycles. The Kier molecular flexibility index (Phi) is 5.15. The van der Waals surface area contributed by atoms with Gasteiger partial charge in [0.05, 0.1) is 36.5 Å². The molecule has 0 bridgehead atoms. The fourth-order valence-electron chi connectivity index (χ4n) is 5.62. The first kappa shape index (κ1) is 21.4. The molecule has 4 aliphatic rings. The summed E-state index contributed by atoms with van der Waals surface area (Å²) in [6.07, 6.45) is 3.48. The van der Waals surface area contributed by atoms with Crippen LogP contribution in [-0.2, 0) is 4.74 Å². The standard InChI is InChI=1S/C22H23ClF3N5O2/c23-19-16(26)17-13(8-27-19)20(31-4-5-32-10-14-15(25)18(14)31)29-21(28-17)33-11-22-2-1-3-30(22)9-12(6-22)7-24/h7-8,14-15,18H,1-6,9-11H2/b12-7+/t14-,15-,18-,22-/m0/s1. The minimum Gasteiger partial charge on any atom is -0.461 e. The Balaban J connectivity index is 1.37. The van der Waals surface area contributed by atoms with Crippen LogP contribution in [0.2, 0.25) is 5.15 Å². The van der Waals surface area contributed by atoms with Gasteiger partial charge in [-0.1, -0.05) is 11.6 Å². The van der Waals surface area contributed by atoms with Crippen molar-refractivity contribution < 1.29 is 22.6 Å². The molecule has 4 fully saturated rings. The first-order chi connectivity index (χ1) is 16.0. The molecule has 33 heavy (non-hydrogen) atoms. The van der Waals surface area contributed by atoms with E-state index in [1.54, 1.807) is 4.90 Å². The molecular weight excluding hydrogens is 459 g/mol. The normalized spacial score (nSPS) is 32.8. The van der Waals surface area contributed by atoms with Crippen molar-refractivity contribution in [2.45, 2.75) is 37.0 Å². The van der Waals surface area contributed by atoms with Gasteiger partial charge in [-0.15, -0.1) is 0 Å². The highest BCUT2D eigenvalue weighted by Crippen LogP contribution is 2.45. The molecule has 0 unspecified atom stereocenters. The summed E-state index contributed by atoms with van der Waals surface area (Å²) in [4.78, 5) is 16.8. The van der Waals surface area contributed by atoms with Gasteiger partial charge in [0.15, 0.2) is 11.0 Å². The van der Waals surface area contributed by atoms with Crippen LogP contribution in [0.1, 0.15) is 19.3 Å². The molecule has 3 aliphatic heterocycles. The summed E-state index contributed by atoms with van der Waals surface area (Å²) in [6, 6.07) is -0.413. The summed E-state index contributed by atoms with van der Waals surface area (Å²) in [5.41, 5.74) is 0.386. The van der Waals surface area contributed by atoms with E-state index in [0.29, 0.717) is 50.3 Å². The van der Waals surface area contributed by atoms with Crippen molar-refractivity contribution in [2.24, 2.45) is 5.92 Å². The SMILES string of the molecule is F/C=C1/CN2CCC[C@@]2(COc2nc(N3CCOC[C@H]4[C@H](F)[C@H]43)c3cnc(Cl)c(F)c3n2)C1. The smallest absolute Gasteiger partial charge is 0.319 e. The molecule has 1 saturated carbocycles. The average molecular weight is 482 g/mol. The van der Waals surface area contributed by atoms with E-state index in [4.69, 9.17) is 21.1 Å². The summed E-state index contributed by atoms with van der Waals surface area (Å²) in [5, 5.41) is 0.0345. The lowest BCUT2D eigenvalue weighted by Crippen LogP contribution is -2.43. The number of pyridine rings is 1. The summed E-state index contributed by atoms with van der Waals surface area (Å²) in [5.74, 6) is -0.667. The molecule has 0 N–H and O–H groups in total. The summed E-state index contributed by atoms with van der Waals surface area (Å²) in [7, 11) is 0. The second-order valence-electron chi connectivity index (χ2n) is 9.30. The topological polar surface area (TPSA) is 63.6 Å². The number of fused-ring (bicyclic) bond motifs is 3. The maximum absolute atomic E-state index is 14.9. The molecule has 3 saturated heterocycles. The first-order valence-corrected chi connectivity index (χ1v) is 11.5. The molecule has 0 radical (unpaired) electrons. The molecule has 0 amide bonds. The average Bonchev–Trinajstić information content (AvgIpc) is 3.17. The van der Waals surface area contributed by atoms with Crippen molar-refractivity contribution in [1.29, 1.82) is 0 Å². The zero-order chi connectivity index (χ0) is 22.7. The van der Waals surface area contributed by atoms with E-state index in [1.165, 1.54) is 6.20 Å². The van der Waals surface area contributed by atoms with E-state index in [1.807, 2.05) is 0 Å². The lowest BCUT2D eigenvalue weighted by atomic mass is 9.94. The molecule has 1 aliphatic carbocycles.